The van der Waals surface area contributed by atoms with E-state index >= 15 is 0 Å². The Morgan fingerprint density at radius 3 is 2.16 bits per heavy atom. The Hall–Kier alpha value is -1.51. The third-order valence-corrected chi connectivity index (χ3v) is 2.94. The predicted molar refractivity (Wildman–Crippen MR) is 81.8 cm³/mol. The van der Waals surface area contributed by atoms with Crippen LogP contribution in [0.5, 0.6) is 0 Å². The molecule has 1 aromatic carbocycles. The van der Waals surface area contributed by atoms with Gasteiger partial charge in [0.1, 0.15) is 0 Å². The summed E-state index contributed by atoms with van der Waals surface area (Å²) in [4.78, 5) is 14.1. The highest BCUT2D eigenvalue weighted by Gasteiger charge is 2.17. The van der Waals surface area contributed by atoms with Crippen molar-refractivity contribution in [1.29, 1.82) is 0 Å². The van der Waals surface area contributed by atoms with Crippen molar-refractivity contribution in [2.45, 2.75) is 40.2 Å². The van der Waals surface area contributed by atoms with Gasteiger partial charge in [0.2, 0.25) is 0 Å². The molecule has 0 aliphatic rings. The average Bonchev–Trinajstić information content (AvgIpc) is 2.26. The number of hydrogen-bond acceptors (Lipinski definition) is 2. The van der Waals surface area contributed by atoms with Gasteiger partial charge in [-0.25, -0.2) is 0 Å². The molecule has 106 valence electrons. The summed E-state index contributed by atoms with van der Waals surface area (Å²) in [6, 6.07) is 7.84. The summed E-state index contributed by atoms with van der Waals surface area (Å²) in [5.74, 6) is 0.00190. The van der Waals surface area contributed by atoms with Crippen LogP contribution >= 0.6 is 0 Å². The molecule has 0 fully saturated rings. The predicted octanol–water partition coefficient (Wildman–Crippen LogP) is 3.31. The van der Waals surface area contributed by atoms with Crippen LogP contribution < -0.4 is 10.2 Å². The van der Waals surface area contributed by atoms with Gasteiger partial charge in [-0.2, -0.15) is 0 Å². The monoisotopic (exact) mass is 262 g/mol. The fourth-order valence-electron chi connectivity index (χ4n) is 2.19. The zero-order chi connectivity index (χ0) is 14.6. The summed E-state index contributed by atoms with van der Waals surface area (Å²) in [5, 5.41) is 3.05. The molecule has 3 nitrogen and oxygen atoms in total. The van der Waals surface area contributed by atoms with Gasteiger partial charge >= 0.3 is 0 Å². The lowest BCUT2D eigenvalue weighted by molar-refractivity contribution is 0.0931. The molecule has 0 radical (unpaired) electrons. The summed E-state index contributed by atoms with van der Waals surface area (Å²) in [6.45, 7) is 8.60. The van der Waals surface area contributed by atoms with Gasteiger partial charge in [0.15, 0.2) is 0 Å². The number of carbonyl (C=O) groups excluding carboxylic acids is 1. The standard InChI is InChI=1S/C16H26N2O/c1-12(11-16(2,3)4)17-15(19)13-7-9-14(10-8-13)18(5)6/h7-10,12H,11H2,1-6H3,(H,17,19). The maximum Gasteiger partial charge on any atom is 0.251 e. The van der Waals surface area contributed by atoms with E-state index in [1.165, 1.54) is 0 Å². The van der Waals surface area contributed by atoms with Gasteiger partial charge in [-0.3, -0.25) is 4.79 Å². The number of rotatable bonds is 4. The molecule has 1 N–H and O–H groups in total. The number of hydrogen-bond donors (Lipinski definition) is 1. The van der Waals surface area contributed by atoms with E-state index < -0.39 is 0 Å². The average molecular weight is 262 g/mol. The molecule has 19 heavy (non-hydrogen) atoms. The van der Waals surface area contributed by atoms with Gasteiger partial charge in [-0.1, -0.05) is 20.8 Å². The molecule has 1 rings (SSSR count). The molecule has 1 amide bonds. The lowest BCUT2D eigenvalue weighted by atomic mass is 9.88. The quantitative estimate of drug-likeness (QED) is 0.903. The van der Waals surface area contributed by atoms with Crippen LogP contribution in [0, 0.1) is 5.41 Å². The highest BCUT2D eigenvalue weighted by molar-refractivity contribution is 5.94. The molecule has 3 heteroatoms. The third-order valence-electron chi connectivity index (χ3n) is 2.94. The molecule has 1 aromatic rings. The summed E-state index contributed by atoms with van der Waals surface area (Å²) < 4.78 is 0. The maximum absolute atomic E-state index is 12.1. The van der Waals surface area contributed by atoms with Gasteiger partial charge in [-0.15, -0.1) is 0 Å². The van der Waals surface area contributed by atoms with E-state index in [2.05, 4.69) is 33.0 Å². The minimum absolute atomic E-state index is 0.00190. The first-order valence-electron chi connectivity index (χ1n) is 6.77. The first-order chi connectivity index (χ1) is 8.69. The number of nitrogens with zero attached hydrogens (tertiary/aromatic N) is 1. The van der Waals surface area contributed by atoms with Crippen molar-refractivity contribution >= 4 is 11.6 Å². The fraction of sp³-hybridized carbons (Fsp3) is 0.562. The van der Waals surface area contributed by atoms with Crippen molar-refractivity contribution in [2.75, 3.05) is 19.0 Å². The zero-order valence-electron chi connectivity index (χ0n) is 12.9. The Bertz CT molecular complexity index is 415. The van der Waals surface area contributed by atoms with Crippen LogP contribution in [0.4, 0.5) is 5.69 Å². The largest absolute Gasteiger partial charge is 0.378 e. The van der Waals surface area contributed by atoms with E-state index in [4.69, 9.17) is 0 Å². The molecule has 0 bridgehead atoms. The molecule has 0 aliphatic carbocycles. The summed E-state index contributed by atoms with van der Waals surface area (Å²) in [7, 11) is 3.97. The Morgan fingerprint density at radius 2 is 1.74 bits per heavy atom. The van der Waals surface area contributed by atoms with Crippen LogP contribution in [0.1, 0.15) is 44.5 Å². The second-order valence-corrected chi connectivity index (χ2v) is 6.58. The van der Waals surface area contributed by atoms with E-state index in [0.717, 1.165) is 12.1 Å². The molecule has 0 heterocycles. The van der Waals surface area contributed by atoms with E-state index in [9.17, 15) is 4.79 Å². The van der Waals surface area contributed by atoms with Crippen molar-refractivity contribution in [3.63, 3.8) is 0 Å². The van der Waals surface area contributed by atoms with Gasteiger partial charge < -0.3 is 10.2 Å². The van der Waals surface area contributed by atoms with Crippen molar-refractivity contribution in [1.82, 2.24) is 5.32 Å². The third kappa shape index (κ3) is 5.33. The maximum atomic E-state index is 12.1. The van der Waals surface area contributed by atoms with Gasteiger partial charge in [0, 0.05) is 31.4 Å². The Kier molecular flexibility index (Phi) is 4.98. The first-order valence-corrected chi connectivity index (χ1v) is 6.77. The van der Waals surface area contributed by atoms with E-state index in [1.54, 1.807) is 0 Å². The molecule has 0 saturated heterocycles. The van der Waals surface area contributed by atoms with E-state index in [1.807, 2.05) is 43.3 Å². The van der Waals surface area contributed by atoms with Crippen LogP contribution in [0.15, 0.2) is 24.3 Å². The molecule has 0 aromatic heterocycles. The molecule has 1 atom stereocenters. The Balaban J connectivity index is 2.63. The minimum atomic E-state index is 0.00190. The number of carbonyl (C=O) groups is 1. The van der Waals surface area contributed by atoms with Gasteiger partial charge in [0.05, 0.1) is 0 Å². The smallest absolute Gasteiger partial charge is 0.251 e. The first kappa shape index (κ1) is 15.5. The van der Waals surface area contributed by atoms with Gasteiger partial charge in [-0.05, 0) is 43.0 Å². The number of anilines is 1. The SMILES string of the molecule is CC(CC(C)(C)C)NC(=O)c1ccc(N(C)C)cc1. The topological polar surface area (TPSA) is 32.3 Å². The molecule has 0 saturated carbocycles. The fourth-order valence-corrected chi connectivity index (χ4v) is 2.19. The molecule has 0 aliphatic heterocycles. The Morgan fingerprint density at radius 1 is 1.21 bits per heavy atom. The minimum Gasteiger partial charge on any atom is -0.378 e. The molecular formula is C16H26N2O. The highest BCUT2D eigenvalue weighted by Crippen LogP contribution is 2.20. The molecule has 0 spiro atoms. The molecular weight excluding hydrogens is 236 g/mol. The van der Waals surface area contributed by atoms with Crippen LogP contribution in [0.3, 0.4) is 0 Å². The van der Waals surface area contributed by atoms with Crippen LogP contribution in [0.2, 0.25) is 0 Å². The van der Waals surface area contributed by atoms with Crippen molar-refractivity contribution in [3.05, 3.63) is 29.8 Å². The highest BCUT2D eigenvalue weighted by atomic mass is 16.1. The number of amides is 1. The lowest BCUT2D eigenvalue weighted by Gasteiger charge is -2.24. The van der Waals surface area contributed by atoms with Crippen LogP contribution in [-0.2, 0) is 0 Å². The van der Waals surface area contributed by atoms with Crippen LogP contribution in [-0.4, -0.2) is 26.0 Å². The van der Waals surface area contributed by atoms with Crippen molar-refractivity contribution in [2.24, 2.45) is 5.41 Å². The second kappa shape index (κ2) is 6.09. The zero-order valence-corrected chi connectivity index (χ0v) is 12.9. The van der Waals surface area contributed by atoms with E-state index in [0.29, 0.717) is 5.56 Å². The number of benzene rings is 1. The van der Waals surface area contributed by atoms with Crippen molar-refractivity contribution < 1.29 is 4.79 Å². The summed E-state index contributed by atoms with van der Waals surface area (Å²) in [5.41, 5.74) is 2.03. The van der Waals surface area contributed by atoms with Crippen molar-refractivity contribution in [3.8, 4) is 0 Å². The van der Waals surface area contributed by atoms with E-state index in [-0.39, 0.29) is 17.4 Å². The normalized spacial score (nSPS) is 12.9. The molecule has 1 unspecified atom stereocenters. The summed E-state index contributed by atoms with van der Waals surface area (Å²) >= 11 is 0. The number of nitrogens with one attached hydrogen (secondary N) is 1. The Labute approximate surface area is 117 Å². The van der Waals surface area contributed by atoms with Crippen LogP contribution in [0.25, 0.3) is 0 Å². The summed E-state index contributed by atoms with van der Waals surface area (Å²) in [6.07, 6.45) is 0.967. The van der Waals surface area contributed by atoms with Gasteiger partial charge in [0.25, 0.3) is 5.91 Å². The lowest BCUT2D eigenvalue weighted by Crippen LogP contribution is -2.35. The second-order valence-electron chi connectivity index (χ2n) is 6.58.